The first-order chi connectivity index (χ1) is 11.4. The summed E-state index contributed by atoms with van der Waals surface area (Å²) in [6.45, 7) is 3.84. The Morgan fingerprint density at radius 2 is 2.04 bits per heavy atom. The van der Waals surface area contributed by atoms with Gasteiger partial charge in [-0.05, 0) is 43.5 Å². The van der Waals surface area contributed by atoms with Crippen LogP contribution in [0.1, 0.15) is 24.1 Å². The monoisotopic (exact) mass is 327 g/mol. The highest BCUT2D eigenvalue weighted by Gasteiger charge is 2.27. The van der Waals surface area contributed by atoms with Gasteiger partial charge in [-0.1, -0.05) is 18.2 Å². The summed E-state index contributed by atoms with van der Waals surface area (Å²) >= 11 is 0. The molecule has 3 aromatic rings. The minimum absolute atomic E-state index is 0.0541. The summed E-state index contributed by atoms with van der Waals surface area (Å²) < 4.78 is 5.42. The molecule has 2 amide bonds. The predicted molar refractivity (Wildman–Crippen MR) is 91.6 cm³/mol. The van der Waals surface area contributed by atoms with Crippen LogP contribution in [0.3, 0.4) is 0 Å². The number of hydrogen-bond acceptors (Lipinski definition) is 3. The van der Waals surface area contributed by atoms with Gasteiger partial charge in [-0.2, -0.15) is 0 Å². The number of carbonyl (C=O) groups is 1. The predicted octanol–water partition coefficient (Wildman–Crippen LogP) is 2.78. The second kappa shape index (κ2) is 6.41. The van der Waals surface area contributed by atoms with Crippen molar-refractivity contribution in [2.45, 2.75) is 26.0 Å². The number of urea groups is 1. The molecule has 0 spiro atoms. The molecule has 3 rings (SSSR count). The van der Waals surface area contributed by atoms with Gasteiger partial charge in [-0.3, -0.25) is 0 Å². The molecule has 2 heterocycles. The number of nitrogens with one attached hydrogen (secondary N) is 3. The fourth-order valence-corrected chi connectivity index (χ4v) is 2.53. The van der Waals surface area contributed by atoms with Gasteiger partial charge in [0.05, 0.1) is 13.1 Å². The third kappa shape index (κ3) is 3.60. The second-order valence-corrected chi connectivity index (χ2v) is 6.10. The van der Waals surface area contributed by atoms with Crippen molar-refractivity contribution < 1.29 is 14.3 Å². The van der Waals surface area contributed by atoms with E-state index in [-0.39, 0.29) is 12.6 Å². The summed E-state index contributed by atoms with van der Waals surface area (Å²) in [5.41, 5.74) is 0.692. The Labute approximate surface area is 139 Å². The van der Waals surface area contributed by atoms with Gasteiger partial charge in [0.1, 0.15) is 17.1 Å². The lowest BCUT2D eigenvalue weighted by Gasteiger charge is -2.21. The summed E-state index contributed by atoms with van der Waals surface area (Å²) in [6.07, 6.45) is 0. The van der Waals surface area contributed by atoms with Crippen molar-refractivity contribution in [3.63, 3.8) is 0 Å². The molecule has 0 saturated carbocycles. The molecular formula is C18H21N3O3. The second-order valence-electron chi connectivity index (χ2n) is 6.10. The molecule has 0 fully saturated rings. The number of amides is 2. The van der Waals surface area contributed by atoms with Gasteiger partial charge in [0.2, 0.25) is 0 Å². The number of aromatic amines is 1. The number of para-hydroxylation sites is 1. The number of aryl methyl sites for hydroxylation is 1. The molecule has 1 atom stereocenters. The van der Waals surface area contributed by atoms with Gasteiger partial charge in [0.25, 0.3) is 0 Å². The lowest BCUT2D eigenvalue weighted by Crippen LogP contribution is -2.43. The normalized spacial score (nSPS) is 13.6. The molecule has 0 saturated heterocycles. The first-order valence-electron chi connectivity index (χ1n) is 7.82. The number of carbonyl (C=O) groups excluding carboxylic acids is 1. The number of H-pyrrole nitrogens is 1. The van der Waals surface area contributed by atoms with Crippen LogP contribution in [0, 0.1) is 6.92 Å². The van der Waals surface area contributed by atoms with Crippen LogP contribution < -0.4 is 10.6 Å². The minimum atomic E-state index is -1.26. The van der Waals surface area contributed by atoms with Crippen molar-refractivity contribution in [2.24, 2.45) is 0 Å². The van der Waals surface area contributed by atoms with Gasteiger partial charge >= 0.3 is 6.03 Å². The summed E-state index contributed by atoms with van der Waals surface area (Å²) in [7, 11) is 0. The highest BCUT2D eigenvalue weighted by Crippen LogP contribution is 2.21. The van der Waals surface area contributed by atoms with E-state index >= 15 is 0 Å². The Bertz CT molecular complexity index is 815. The van der Waals surface area contributed by atoms with Gasteiger partial charge in [-0.15, -0.1) is 0 Å². The highest BCUT2D eigenvalue weighted by atomic mass is 16.4. The summed E-state index contributed by atoms with van der Waals surface area (Å²) in [5, 5.41) is 16.9. The van der Waals surface area contributed by atoms with Crippen LogP contribution in [0.25, 0.3) is 10.9 Å². The van der Waals surface area contributed by atoms with Crippen LogP contribution in [-0.2, 0) is 12.1 Å². The number of benzene rings is 1. The van der Waals surface area contributed by atoms with Crippen LogP contribution >= 0.6 is 0 Å². The number of aliphatic hydroxyl groups is 1. The van der Waals surface area contributed by atoms with Crippen molar-refractivity contribution >= 4 is 16.9 Å². The van der Waals surface area contributed by atoms with Gasteiger partial charge in [-0.25, -0.2) is 4.79 Å². The van der Waals surface area contributed by atoms with Gasteiger partial charge < -0.3 is 25.1 Å². The van der Waals surface area contributed by atoms with Crippen LogP contribution in [-0.4, -0.2) is 22.7 Å². The standard InChI is InChI=1S/C18H21N3O3/c1-12-7-8-16(24-12)18(2,23)11-20-17(22)19-10-14-9-13-5-3-4-6-15(13)21-14/h3-9,21,23H,10-11H2,1-2H3,(H2,19,20,22). The first kappa shape index (κ1) is 16.1. The molecule has 0 aliphatic heterocycles. The maximum Gasteiger partial charge on any atom is 0.315 e. The Morgan fingerprint density at radius 1 is 1.25 bits per heavy atom. The Kier molecular flexibility index (Phi) is 4.31. The molecule has 4 N–H and O–H groups in total. The summed E-state index contributed by atoms with van der Waals surface area (Å²) in [4.78, 5) is 15.2. The zero-order valence-electron chi connectivity index (χ0n) is 13.7. The number of aromatic nitrogens is 1. The SMILES string of the molecule is Cc1ccc(C(C)(O)CNC(=O)NCc2cc3ccccc3[nH]2)o1. The van der Waals surface area contributed by atoms with E-state index in [1.807, 2.05) is 30.3 Å². The fraction of sp³-hybridized carbons (Fsp3) is 0.278. The van der Waals surface area contributed by atoms with E-state index in [0.29, 0.717) is 18.1 Å². The lowest BCUT2D eigenvalue weighted by molar-refractivity contribution is 0.0359. The molecule has 0 radical (unpaired) electrons. The molecule has 6 nitrogen and oxygen atoms in total. The molecule has 0 aliphatic carbocycles. The van der Waals surface area contributed by atoms with E-state index in [0.717, 1.165) is 16.6 Å². The molecule has 126 valence electrons. The fourth-order valence-electron chi connectivity index (χ4n) is 2.53. The van der Waals surface area contributed by atoms with Crippen LogP contribution in [0.4, 0.5) is 4.79 Å². The van der Waals surface area contributed by atoms with E-state index in [9.17, 15) is 9.90 Å². The largest absolute Gasteiger partial charge is 0.463 e. The van der Waals surface area contributed by atoms with E-state index in [2.05, 4.69) is 15.6 Å². The Morgan fingerprint density at radius 3 is 2.75 bits per heavy atom. The highest BCUT2D eigenvalue weighted by molar-refractivity contribution is 5.80. The summed E-state index contributed by atoms with van der Waals surface area (Å²) in [5.74, 6) is 1.14. The molecule has 0 bridgehead atoms. The molecule has 1 unspecified atom stereocenters. The van der Waals surface area contributed by atoms with Crippen molar-refractivity contribution in [1.82, 2.24) is 15.6 Å². The minimum Gasteiger partial charge on any atom is -0.463 e. The smallest absolute Gasteiger partial charge is 0.315 e. The zero-order valence-corrected chi connectivity index (χ0v) is 13.7. The third-order valence-corrected chi connectivity index (χ3v) is 3.89. The van der Waals surface area contributed by atoms with Gasteiger partial charge in [0.15, 0.2) is 0 Å². The maximum atomic E-state index is 11.9. The van der Waals surface area contributed by atoms with Crippen molar-refractivity contribution in [2.75, 3.05) is 6.54 Å². The number of fused-ring (bicyclic) bond motifs is 1. The lowest BCUT2D eigenvalue weighted by atomic mass is 10.0. The molecule has 6 heteroatoms. The van der Waals surface area contributed by atoms with Crippen molar-refractivity contribution in [3.8, 4) is 0 Å². The topological polar surface area (TPSA) is 90.3 Å². The third-order valence-electron chi connectivity index (χ3n) is 3.89. The van der Waals surface area contributed by atoms with Crippen LogP contribution in [0.5, 0.6) is 0 Å². The maximum absolute atomic E-state index is 11.9. The van der Waals surface area contributed by atoms with Crippen molar-refractivity contribution in [1.29, 1.82) is 0 Å². The average molecular weight is 327 g/mol. The molecule has 1 aromatic carbocycles. The van der Waals surface area contributed by atoms with Crippen LogP contribution in [0.15, 0.2) is 46.9 Å². The van der Waals surface area contributed by atoms with Crippen LogP contribution in [0.2, 0.25) is 0 Å². The van der Waals surface area contributed by atoms with E-state index in [1.165, 1.54) is 0 Å². The number of hydrogen-bond donors (Lipinski definition) is 4. The quantitative estimate of drug-likeness (QED) is 0.581. The van der Waals surface area contributed by atoms with Crippen molar-refractivity contribution in [3.05, 3.63) is 59.7 Å². The molecular weight excluding hydrogens is 306 g/mol. The van der Waals surface area contributed by atoms with Gasteiger partial charge in [0, 0.05) is 11.2 Å². The molecule has 24 heavy (non-hydrogen) atoms. The summed E-state index contributed by atoms with van der Waals surface area (Å²) in [6, 6.07) is 13.1. The van der Waals surface area contributed by atoms with E-state index in [4.69, 9.17) is 4.42 Å². The first-order valence-corrected chi connectivity index (χ1v) is 7.82. The number of furan rings is 1. The van der Waals surface area contributed by atoms with E-state index in [1.54, 1.807) is 26.0 Å². The average Bonchev–Trinajstić information content (AvgIpc) is 3.17. The Hall–Kier alpha value is -2.73. The van der Waals surface area contributed by atoms with E-state index < -0.39 is 5.60 Å². The molecule has 0 aliphatic rings. The Balaban J connectivity index is 1.52. The molecule has 2 aromatic heterocycles. The number of rotatable bonds is 5. The zero-order chi connectivity index (χ0) is 17.2.